The molecular weight excluding hydrogens is 296 g/mol. The van der Waals surface area contributed by atoms with Gasteiger partial charge in [0.25, 0.3) is 0 Å². The molecule has 7 nitrogen and oxygen atoms in total. The van der Waals surface area contributed by atoms with Crippen molar-refractivity contribution in [1.82, 2.24) is 0 Å². The van der Waals surface area contributed by atoms with Gasteiger partial charge in [0.2, 0.25) is 5.91 Å². The number of anilines is 2. The van der Waals surface area contributed by atoms with E-state index < -0.39 is 15.8 Å². The molecule has 1 fully saturated rings. The molecule has 1 saturated heterocycles. The van der Waals surface area contributed by atoms with Crippen molar-refractivity contribution in [2.45, 2.75) is 12.5 Å². The Balaban J connectivity index is 2.08. The number of rotatable bonds is 2. The van der Waals surface area contributed by atoms with Crippen molar-refractivity contribution in [2.24, 2.45) is 0 Å². The smallest absolute Gasteiger partial charge is 0.337 e. The van der Waals surface area contributed by atoms with Crippen LogP contribution in [0.15, 0.2) is 18.2 Å². The van der Waals surface area contributed by atoms with E-state index in [4.69, 9.17) is 0 Å². The van der Waals surface area contributed by atoms with Gasteiger partial charge in [0.05, 0.1) is 35.0 Å². The predicted molar refractivity (Wildman–Crippen MR) is 76.4 cm³/mol. The summed E-state index contributed by atoms with van der Waals surface area (Å²) in [5.41, 5.74) is 0.874. The third-order valence-electron chi connectivity index (χ3n) is 3.79. The lowest BCUT2D eigenvalue weighted by atomic mass is 10.0. The van der Waals surface area contributed by atoms with E-state index in [0.29, 0.717) is 17.8 Å². The van der Waals surface area contributed by atoms with E-state index in [1.807, 2.05) is 0 Å². The van der Waals surface area contributed by atoms with Crippen LogP contribution in [0.2, 0.25) is 0 Å². The Hall–Kier alpha value is -2.09. The average molecular weight is 310 g/mol. The number of aromatic carboxylic acids is 1. The minimum atomic E-state index is -3.12. The molecule has 0 aliphatic carbocycles. The van der Waals surface area contributed by atoms with Crippen LogP contribution in [-0.4, -0.2) is 49.5 Å². The van der Waals surface area contributed by atoms with Gasteiger partial charge in [-0.3, -0.25) is 4.79 Å². The molecule has 2 aliphatic heterocycles. The van der Waals surface area contributed by atoms with Crippen LogP contribution < -0.4 is 10.2 Å². The minimum Gasteiger partial charge on any atom is -0.478 e. The van der Waals surface area contributed by atoms with Crippen molar-refractivity contribution in [2.75, 3.05) is 28.3 Å². The van der Waals surface area contributed by atoms with Crippen molar-refractivity contribution in [3.05, 3.63) is 23.8 Å². The molecule has 0 aromatic heterocycles. The maximum absolute atomic E-state index is 11.8. The number of fused-ring (bicyclic) bond motifs is 1. The van der Waals surface area contributed by atoms with Crippen LogP contribution in [0, 0.1) is 0 Å². The fourth-order valence-electron chi connectivity index (χ4n) is 2.88. The SMILES string of the molecule is O=C1CN(C2CCS(=O)(=O)C2)c2c(cccc2C(=O)O)N1. The van der Waals surface area contributed by atoms with E-state index in [-0.39, 0.29) is 35.6 Å². The number of amides is 1. The van der Waals surface area contributed by atoms with Crippen molar-refractivity contribution in [1.29, 1.82) is 0 Å². The lowest BCUT2D eigenvalue weighted by Gasteiger charge is -2.36. The molecule has 0 spiro atoms. The Morgan fingerprint density at radius 1 is 1.38 bits per heavy atom. The summed E-state index contributed by atoms with van der Waals surface area (Å²) >= 11 is 0. The molecule has 1 unspecified atom stereocenters. The molecular formula is C13H14N2O5S. The Kier molecular flexibility index (Phi) is 3.12. The van der Waals surface area contributed by atoms with E-state index in [2.05, 4.69) is 5.32 Å². The van der Waals surface area contributed by atoms with Crippen LogP contribution in [0.5, 0.6) is 0 Å². The van der Waals surface area contributed by atoms with Gasteiger partial charge in [0.15, 0.2) is 9.84 Å². The molecule has 2 N–H and O–H groups in total. The van der Waals surface area contributed by atoms with Gasteiger partial charge in [-0.25, -0.2) is 13.2 Å². The predicted octanol–water partition coefficient (Wildman–Crippen LogP) is 0.330. The maximum Gasteiger partial charge on any atom is 0.337 e. The number of carbonyl (C=O) groups is 2. The first-order chi connectivity index (χ1) is 9.87. The fourth-order valence-corrected chi connectivity index (χ4v) is 4.61. The van der Waals surface area contributed by atoms with Gasteiger partial charge in [-0.05, 0) is 18.6 Å². The Morgan fingerprint density at radius 2 is 2.14 bits per heavy atom. The van der Waals surface area contributed by atoms with E-state index in [0.717, 1.165) is 0 Å². The zero-order valence-corrected chi connectivity index (χ0v) is 11.9. The summed E-state index contributed by atoms with van der Waals surface area (Å²) in [5.74, 6) is -1.35. The summed E-state index contributed by atoms with van der Waals surface area (Å²) in [5, 5.41) is 11.9. The van der Waals surface area contributed by atoms with Crippen molar-refractivity contribution in [3.8, 4) is 0 Å². The van der Waals surface area contributed by atoms with Crippen LogP contribution in [0.4, 0.5) is 11.4 Å². The normalized spacial score (nSPS) is 23.5. The highest BCUT2D eigenvalue weighted by Crippen LogP contribution is 2.36. The number of hydrogen-bond acceptors (Lipinski definition) is 5. The first kappa shape index (κ1) is 13.9. The molecule has 3 rings (SSSR count). The number of para-hydroxylation sites is 1. The summed E-state index contributed by atoms with van der Waals surface area (Å²) < 4.78 is 23.3. The second-order valence-electron chi connectivity index (χ2n) is 5.24. The average Bonchev–Trinajstić information content (AvgIpc) is 2.77. The summed E-state index contributed by atoms with van der Waals surface area (Å²) in [4.78, 5) is 24.8. The molecule has 21 heavy (non-hydrogen) atoms. The number of carbonyl (C=O) groups excluding carboxylic acids is 1. The quantitative estimate of drug-likeness (QED) is 0.816. The number of carboxylic acid groups (broad SMARTS) is 1. The largest absolute Gasteiger partial charge is 0.478 e. The molecule has 1 amide bonds. The molecule has 1 aromatic carbocycles. The number of sulfone groups is 1. The molecule has 1 aromatic rings. The fraction of sp³-hybridized carbons (Fsp3) is 0.385. The van der Waals surface area contributed by atoms with Gasteiger partial charge in [-0.2, -0.15) is 0 Å². The number of carboxylic acids is 1. The number of hydrogen-bond donors (Lipinski definition) is 2. The molecule has 0 saturated carbocycles. The van der Waals surface area contributed by atoms with E-state index in [1.54, 1.807) is 17.0 Å². The third kappa shape index (κ3) is 2.46. The lowest BCUT2D eigenvalue weighted by Crippen LogP contribution is -2.46. The molecule has 2 heterocycles. The zero-order valence-electron chi connectivity index (χ0n) is 11.1. The first-order valence-electron chi connectivity index (χ1n) is 6.50. The van der Waals surface area contributed by atoms with Gasteiger partial charge < -0.3 is 15.3 Å². The minimum absolute atomic E-state index is 0.0303. The molecule has 8 heteroatoms. The highest BCUT2D eigenvalue weighted by molar-refractivity contribution is 7.91. The summed E-state index contributed by atoms with van der Waals surface area (Å²) in [6.45, 7) is -0.0303. The Labute approximate surface area is 121 Å². The summed E-state index contributed by atoms with van der Waals surface area (Å²) in [6, 6.07) is 4.27. The third-order valence-corrected chi connectivity index (χ3v) is 5.54. The summed E-state index contributed by atoms with van der Waals surface area (Å²) in [6.07, 6.45) is 0.406. The van der Waals surface area contributed by atoms with Gasteiger partial charge >= 0.3 is 5.97 Å². The Bertz CT molecular complexity index is 728. The monoisotopic (exact) mass is 310 g/mol. The topological polar surface area (TPSA) is 104 Å². The molecule has 0 radical (unpaired) electrons. The first-order valence-corrected chi connectivity index (χ1v) is 8.33. The van der Waals surface area contributed by atoms with Crippen LogP contribution >= 0.6 is 0 Å². The van der Waals surface area contributed by atoms with Gasteiger partial charge in [0.1, 0.15) is 0 Å². The van der Waals surface area contributed by atoms with E-state index in [1.165, 1.54) is 6.07 Å². The number of nitrogens with one attached hydrogen (secondary N) is 1. The highest BCUT2D eigenvalue weighted by atomic mass is 32.2. The number of nitrogens with zero attached hydrogens (tertiary/aromatic N) is 1. The molecule has 0 bridgehead atoms. The molecule has 1 atom stereocenters. The highest BCUT2D eigenvalue weighted by Gasteiger charge is 2.37. The van der Waals surface area contributed by atoms with Gasteiger partial charge in [-0.1, -0.05) is 6.07 Å². The van der Waals surface area contributed by atoms with Crippen molar-refractivity contribution < 1.29 is 23.1 Å². The van der Waals surface area contributed by atoms with Crippen LogP contribution in [-0.2, 0) is 14.6 Å². The van der Waals surface area contributed by atoms with Crippen LogP contribution in [0.1, 0.15) is 16.8 Å². The van der Waals surface area contributed by atoms with E-state index >= 15 is 0 Å². The van der Waals surface area contributed by atoms with E-state index in [9.17, 15) is 23.1 Å². The summed E-state index contributed by atoms with van der Waals surface area (Å²) in [7, 11) is -3.12. The van der Waals surface area contributed by atoms with Gasteiger partial charge in [-0.15, -0.1) is 0 Å². The van der Waals surface area contributed by atoms with Crippen molar-refractivity contribution in [3.63, 3.8) is 0 Å². The second-order valence-corrected chi connectivity index (χ2v) is 7.47. The maximum atomic E-state index is 11.8. The Morgan fingerprint density at radius 3 is 2.76 bits per heavy atom. The van der Waals surface area contributed by atoms with Gasteiger partial charge in [0, 0.05) is 6.04 Å². The zero-order chi connectivity index (χ0) is 15.2. The van der Waals surface area contributed by atoms with Crippen LogP contribution in [0.3, 0.4) is 0 Å². The standard InChI is InChI=1S/C13H14N2O5S/c16-11-6-15(8-4-5-21(19,20)7-8)12-9(13(17)18)2-1-3-10(12)14-11/h1-3,8H,4-7H2,(H,14,16)(H,17,18). The lowest BCUT2D eigenvalue weighted by molar-refractivity contribution is -0.115. The molecule has 112 valence electrons. The number of benzene rings is 1. The molecule has 2 aliphatic rings. The second kappa shape index (κ2) is 4.73. The van der Waals surface area contributed by atoms with Crippen LogP contribution in [0.25, 0.3) is 0 Å². The van der Waals surface area contributed by atoms with Crippen molar-refractivity contribution >= 4 is 33.1 Å².